The van der Waals surface area contributed by atoms with Crippen LogP contribution in [0.25, 0.3) is 0 Å². The minimum Gasteiger partial charge on any atom is -0.434 e. The topological polar surface area (TPSA) is 71.0 Å². The molecule has 0 bridgehead atoms. The number of hydrogen-bond donors (Lipinski definition) is 1. The van der Waals surface area contributed by atoms with Crippen molar-refractivity contribution in [1.29, 1.82) is 0 Å². The van der Waals surface area contributed by atoms with Gasteiger partial charge in [-0.25, -0.2) is 4.79 Å². The summed E-state index contributed by atoms with van der Waals surface area (Å²) < 4.78 is 29.5. The van der Waals surface area contributed by atoms with Crippen LogP contribution in [0, 0.1) is 13.8 Å². The van der Waals surface area contributed by atoms with Gasteiger partial charge in [-0.15, -0.1) is 5.01 Å². The van der Waals surface area contributed by atoms with Crippen LogP contribution in [0.3, 0.4) is 0 Å². The van der Waals surface area contributed by atoms with Crippen LogP contribution in [0.4, 0.5) is 13.6 Å². The van der Waals surface area contributed by atoms with Crippen molar-refractivity contribution >= 4 is 18.2 Å². The van der Waals surface area contributed by atoms with Gasteiger partial charge in [-0.3, -0.25) is 4.79 Å². The van der Waals surface area contributed by atoms with Gasteiger partial charge < -0.3 is 10.1 Å². The number of imide groups is 1. The number of benzene rings is 2. The second kappa shape index (κ2) is 7.38. The Bertz CT molecular complexity index is 924. The highest BCUT2D eigenvalue weighted by molar-refractivity contribution is 6.07. The number of carbonyl (C=O) groups is 2. The standard InChI is InChI=1S/C20H19F2N3O3/c1-12-9-14(10-13(2)16(12)28-18(21)22)11-23-25-17(26)20(3,24-19(25)27)15-7-5-4-6-8-15/h4-11,18H,1-3H3,(H,24,27)/b23-11-/t20-/m1/s1. The third-order valence-electron chi connectivity index (χ3n) is 4.53. The van der Waals surface area contributed by atoms with Crippen LogP contribution < -0.4 is 10.1 Å². The molecular weight excluding hydrogens is 368 g/mol. The molecule has 2 aromatic carbocycles. The minimum absolute atomic E-state index is 0.0961. The number of carbonyl (C=O) groups excluding carboxylic acids is 2. The number of hydrogen-bond acceptors (Lipinski definition) is 4. The van der Waals surface area contributed by atoms with E-state index in [-0.39, 0.29) is 5.75 Å². The Morgan fingerprint density at radius 3 is 2.32 bits per heavy atom. The van der Waals surface area contributed by atoms with E-state index in [2.05, 4.69) is 15.2 Å². The molecule has 0 unspecified atom stereocenters. The summed E-state index contributed by atoms with van der Waals surface area (Å²) >= 11 is 0. The molecule has 146 valence electrons. The highest BCUT2D eigenvalue weighted by atomic mass is 19.3. The van der Waals surface area contributed by atoms with Crippen molar-refractivity contribution in [2.75, 3.05) is 0 Å². The zero-order chi connectivity index (χ0) is 20.5. The normalized spacial score (nSPS) is 19.6. The van der Waals surface area contributed by atoms with Crippen LogP contribution in [0.5, 0.6) is 5.75 Å². The van der Waals surface area contributed by atoms with E-state index in [1.165, 1.54) is 6.21 Å². The number of nitrogens with zero attached hydrogens (tertiary/aromatic N) is 2. The van der Waals surface area contributed by atoms with Crippen molar-refractivity contribution in [3.63, 3.8) is 0 Å². The molecule has 0 aromatic heterocycles. The summed E-state index contributed by atoms with van der Waals surface area (Å²) in [5, 5.41) is 7.43. The Morgan fingerprint density at radius 1 is 1.14 bits per heavy atom. The molecule has 3 rings (SSSR count). The smallest absolute Gasteiger partial charge is 0.387 e. The average Bonchev–Trinajstić information content (AvgIpc) is 2.87. The van der Waals surface area contributed by atoms with Crippen LogP contribution >= 0.6 is 0 Å². The van der Waals surface area contributed by atoms with E-state index in [4.69, 9.17) is 0 Å². The molecule has 0 radical (unpaired) electrons. The second-order valence-electron chi connectivity index (χ2n) is 6.65. The van der Waals surface area contributed by atoms with Gasteiger partial charge in [-0.1, -0.05) is 30.3 Å². The molecule has 8 heteroatoms. The van der Waals surface area contributed by atoms with Gasteiger partial charge >= 0.3 is 12.6 Å². The van der Waals surface area contributed by atoms with Crippen molar-refractivity contribution in [3.8, 4) is 5.75 Å². The Kier molecular flexibility index (Phi) is 5.13. The molecule has 3 amide bonds. The molecule has 2 aromatic rings. The fourth-order valence-electron chi connectivity index (χ4n) is 3.15. The Morgan fingerprint density at radius 2 is 1.75 bits per heavy atom. The van der Waals surface area contributed by atoms with E-state index in [0.717, 1.165) is 5.01 Å². The zero-order valence-corrected chi connectivity index (χ0v) is 15.6. The molecule has 0 saturated carbocycles. The van der Waals surface area contributed by atoms with Gasteiger partial charge in [0.2, 0.25) is 0 Å². The Labute approximate surface area is 160 Å². The van der Waals surface area contributed by atoms with Crippen LogP contribution in [0.1, 0.15) is 29.2 Å². The number of nitrogens with one attached hydrogen (secondary N) is 1. The molecule has 1 atom stereocenters. The number of amides is 3. The first-order chi connectivity index (χ1) is 13.2. The Hall–Kier alpha value is -3.29. The van der Waals surface area contributed by atoms with E-state index in [9.17, 15) is 18.4 Å². The lowest BCUT2D eigenvalue weighted by molar-refractivity contribution is -0.131. The molecule has 1 saturated heterocycles. The first kappa shape index (κ1) is 19.5. The fourth-order valence-corrected chi connectivity index (χ4v) is 3.15. The van der Waals surface area contributed by atoms with Gasteiger partial charge in [-0.2, -0.15) is 13.9 Å². The number of ether oxygens (including phenoxy) is 1. The van der Waals surface area contributed by atoms with Crippen LogP contribution in [-0.4, -0.2) is 29.8 Å². The summed E-state index contributed by atoms with van der Waals surface area (Å²) in [7, 11) is 0. The highest BCUT2D eigenvalue weighted by Crippen LogP contribution is 2.29. The first-order valence-corrected chi connectivity index (χ1v) is 8.54. The van der Waals surface area contributed by atoms with Gasteiger partial charge in [0.15, 0.2) is 0 Å². The maximum absolute atomic E-state index is 12.8. The summed E-state index contributed by atoms with van der Waals surface area (Å²) in [6, 6.07) is 11.4. The largest absolute Gasteiger partial charge is 0.434 e. The molecule has 28 heavy (non-hydrogen) atoms. The molecule has 0 aliphatic carbocycles. The van der Waals surface area contributed by atoms with Crippen molar-refractivity contribution in [2.24, 2.45) is 5.10 Å². The summed E-state index contributed by atoms with van der Waals surface area (Å²) in [6.45, 7) is 1.95. The summed E-state index contributed by atoms with van der Waals surface area (Å²) in [4.78, 5) is 25.1. The fraction of sp³-hybridized carbons (Fsp3) is 0.250. The van der Waals surface area contributed by atoms with Gasteiger partial charge in [0.1, 0.15) is 11.3 Å². The lowest BCUT2D eigenvalue weighted by Crippen LogP contribution is -2.40. The van der Waals surface area contributed by atoms with E-state index in [0.29, 0.717) is 22.3 Å². The number of rotatable bonds is 5. The predicted octanol–water partition coefficient (Wildman–Crippen LogP) is 3.71. The molecule has 6 nitrogen and oxygen atoms in total. The lowest BCUT2D eigenvalue weighted by atomic mass is 9.92. The molecule has 1 aliphatic heterocycles. The average molecular weight is 387 g/mol. The third-order valence-corrected chi connectivity index (χ3v) is 4.53. The quantitative estimate of drug-likeness (QED) is 0.628. The van der Waals surface area contributed by atoms with Crippen molar-refractivity contribution in [2.45, 2.75) is 32.9 Å². The highest BCUT2D eigenvalue weighted by Gasteiger charge is 2.49. The van der Waals surface area contributed by atoms with Crippen molar-refractivity contribution < 1.29 is 23.1 Å². The van der Waals surface area contributed by atoms with Crippen LogP contribution in [0.15, 0.2) is 47.6 Å². The number of alkyl halides is 2. The number of halogens is 2. The molecule has 1 fully saturated rings. The first-order valence-electron chi connectivity index (χ1n) is 8.54. The summed E-state index contributed by atoms with van der Waals surface area (Å²) in [6.07, 6.45) is 1.33. The SMILES string of the molecule is Cc1cc(/C=N\N2C(=O)N[C@](C)(c3ccccc3)C2=O)cc(C)c1OC(F)F. The van der Waals surface area contributed by atoms with Crippen molar-refractivity contribution in [3.05, 3.63) is 64.7 Å². The van der Waals surface area contributed by atoms with E-state index in [1.807, 2.05) is 6.07 Å². The van der Waals surface area contributed by atoms with Crippen LogP contribution in [0.2, 0.25) is 0 Å². The van der Waals surface area contributed by atoms with Gasteiger partial charge in [0.25, 0.3) is 5.91 Å². The van der Waals surface area contributed by atoms with Gasteiger partial charge in [-0.05, 0) is 55.2 Å². The van der Waals surface area contributed by atoms with E-state index >= 15 is 0 Å². The predicted molar refractivity (Wildman–Crippen MR) is 99.3 cm³/mol. The van der Waals surface area contributed by atoms with Crippen LogP contribution in [-0.2, 0) is 10.3 Å². The maximum atomic E-state index is 12.8. The molecule has 1 heterocycles. The van der Waals surface area contributed by atoms with E-state index in [1.54, 1.807) is 57.2 Å². The number of urea groups is 1. The molecule has 0 spiro atoms. The van der Waals surface area contributed by atoms with Gasteiger partial charge in [0, 0.05) is 0 Å². The monoisotopic (exact) mass is 387 g/mol. The molecule has 1 aliphatic rings. The summed E-state index contributed by atoms with van der Waals surface area (Å²) in [5.41, 5.74) is 0.967. The van der Waals surface area contributed by atoms with E-state index < -0.39 is 24.1 Å². The number of aryl methyl sites for hydroxylation is 2. The molecule has 1 N–H and O–H groups in total. The summed E-state index contributed by atoms with van der Waals surface area (Å²) in [5.74, 6) is -0.412. The van der Waals surface area contributed by atoms with Crippen molar-refractivity contribution in [1.82, 2.24) is 10.3 Å². The lowest BCUT2D eigenvalue weighted by Gasteiger charge is -2.20. The third kappa shape index (κ3) is 3.58. The molecular formula is C20H19F2N3O3. The second-order valence-corrected chi connectivity index (χ2v) is 6.65. The maximum Gasteiger partial charge on any atom is 0.387 e. The van der Waals surface area contributed by atoms with Gasteiger partial charge in [0.05, 0.1) is 6.21 Å². The zero-order valence-electron chi connectivity index (χ0n) is 15.6. The number of hydrazone groups is 1. The minimum atomic E-state index is -2.92. The Balaban J connectivity index is 1.85.